The van der Waals surface area contributed by atoms with Gasteiger partial charge in [-0.25, -0.2) is 4.98 Å². The van der Waals surface area contributed by atoms with E-state index in [-0.39, 0.29) is 29.8 Å². The Morgan fingerprint density at radius 2 is 1.89 bits per heavy atom. The molecule has 1 aromatic heterocycles. The number of aromatic nitrogens is 1. The molecule has 3 heterocycles. The molecular formula is C29H43NO6S. The van der Waals surface area contributed by atoms with E-state index in [1.165, 1.54) is 0 Å². The number of hydrogen-bond donors (Lipinski definition) is 2. The van der Waals surface area contributed by atoms with Crippen LogP contribution in [0.5, 0.6) is 0 Å². The average Bonchev–Trinajstić information content (AvgIpc) is 3.49. The number of aliphatic hydroxyl groups excluding tert-OH is 2. The number of Topliss-reactive ketones (excluding diaryl/α,β-unsaturated/α-hetero) is 1. The summed E-state index contributed by atoms with van der Waals surface area (Å²) in [5, 5.41) is 22.7. The van der Waals surface area contributed by atoms with Crippen molar-refractivity contribution < 1.29 is 29.3 Å². The summed E-state index contributed by atoms with van der Waals surface area (Å²) in [5.74, 6) is -1.57. The molecule has 0 radical (unpaired) electrons. The van der Waals surface area contributed by atoms with E-state index in [9.17, 15) is 19.8 Å². The van der Waals surface area contributed by atoms with Crippen molar-refractivity contribution >= 4 is 29.6 Å². The lowest BCUT2D eigenvalue weighted by molar-refractivity contribution is -0.154. The molecule has 2 fully saturated rings. The minimum absolute atomic E-state index is 0.0610. The molecule has 3 rings (SSSR count). The van der Waals surface area contributed by atoms with Gasteiger partial charge in [-0.3, -0.25) is 9.59 Å². The Morgan fingerprint density at radius 1 is 1.19 bits per heavy atom. The fourth-order valence-electron chi connectivity index (χ4n) is 5.25. The van der Waals surface area contributed by atoms with Crippen LogP contribution in [-0.2, 0) is 19.1 Å². The summed E-state index contributed by atoms with van der Waals surface area (Å²) in [6.07, 6.45) is 3.85. The Labute approximate surface area is 225 Å². The number of esters is 1. The van der Waals surface area contributed by atoms with E-state index in [4.69, 9.17) is 9.47 Å². The third-order valence-corrected chi connectivity index (χ3v) is 8.89. The van der Waals surface area contributed by atoms with Crippen molar-refractivity contribution in [2.75, 3.05) is 6.26 Å². The van der Waals surface area contributed by atoms with Gasteiger partial charge in [0.1, 0.15) is 11.9 Å². The molecule has 1 unspecified atom stereocenters. The maximum absolute atomic E-state index is 13.3. The van der Waals surface area contributed by atoms with Gasteiger partial charge in [0.05, 0.1) is 46.5 Å². The van der Waals surface area contributed by atoms with E-state index in [0.29, 0.717) is 6.42 Å². The Balaban J connectivity index is 1.87. The van der Waals surface area contributed by atoms with Gasteiger partial charge in [0.25, 0.3) is 0 Å². The highest BCUT2D eigenvalue weighted by Gasteiger charge is 2.53. The monoisotopic (exact) mass is 533 g/mol. The summed E-state index contributed by atoms with van der Waals surface area (Å²) in [5.41, 5.74) is 0.0948. The van der Waals surface area contributed by atoms with Crippen LogP contribution in [-0.4, -0.2) is 63.2 Å². The van der Waals surface area contributed by atoms with Crippen molar-refractivity contribution in [3.8, 4) is 0 Å². The van der Waals surface area contributed by atoms with Crippen molar-refractivity contribution in [3.63, 3.8) is 0 Å². The number of aliphatic hydroxyl groups is 2. The van der Waals surface area contributed by atoms with Gasteiger partial charge in [0.15, 0.2) is 0 Å². The molecule has 2 saturated heterocycles. The lowest BCUT2D eigenvalue weighted by atomic mass is 9.73. The fourth-order valence-corrected chi connectivity index (χ4v) is 5.66. The molecule has 2 N–H and O–H groups in total. The van der Waals surface area contributed by atoms with Crippen LogP contribution in [0.1, 0.15) is 79.3 Å². The first kappa shape index (κ1) is 29.8. The molecule has 37 heavy (non-hydrogen) atoms. The Morgan fingerprint density at radius 3 is 2.57 bits per heavy atom. The first-order valence-corrected chi connectivity index (χ1v) is 14.5. The van der Waals surface area contributed by atoms with E-state index >= 15 is 0 Å². The standard InChI is InChI=1S/C29H43NO6S/c1-17-10-9-13-29(6)23(36-29)15-21(18(2)14-20-11-8-12-24(30-20)37-7)35-25(32)16-22(31)28(4,5)27(34)19(3)26(17)33/h8,11-12,14,17,19,21-23,26,31,33H,9-10,13,15-16H2,1-7H3/b18-14+/t17-,19+,21?,22-,23-,26-,29+/m0/s1. The predicted octanol–water partition coefficient (Wildman–Crippen LogP) is 4.83. The van der Waals surface area contributed by atoms with Crippen LogP contribution >= 0.6 is 11.8 Å². The fraction of sp³-hybridized carbons (Fsp3) is 0.690. The predicted molar refractivity (Wildman–Crippen MR) is 145 cm³/mol. The Bertz CT molecular complexity index is 1010. The zero-order valence-corrected chi connectivity index (χ0v) is 24.0. The minimum Gasteiger partial charge on any atom is -0.458 e. The SMILES string of the molecule is CSc1cccc(/C=C(\C)C2C[C@@H]3O[C@]3(C)CCC[C@H](C)[C@H](O)[C@@H](C)C(=O)C(C)(C)[C@@H](O)CC(=O)O2)n1. The molecule has 2 aliphatic rings. The molecule has 7 nitrogen and oxygen atoms in total. The quantitative estimate of drug-likeness (QED) is 0.323. The van der Waals surface area contributed by atoms with Crippen LogP contribution in [0.25, 0.3) is 6.08 Å². The zero-order chi connectivity index (χ0) is 27.5. The van der Waals surface area contributed by atoms with Gasteiger partial charge in [0.2, 0.25) is 0 Å². The molecule has 2 aliphatic heterocycles. The number of ether oxygens (including phenoxy) is 2. The summed E-state index contributed by atoms with van der Waals surface area (Å²) in [4.78, 5) is 30.9. The molecule has 8 heteroatoms. The molecule has 0 amide bonds. The van der Waals surface area contributed by atoms with Gasteiger partial charge in [0, 0.05) is 12.3 Å². The first-order chi connectivity index (χ1) is 17.3. The molecule has 0 aromatic carbocycles. The summed E-state index contributed by atoms with van der Waals surface area (Å²) in [7, 11) is 0. The second kappa shape index (κ2) is 12.0. The number of carbonyl (C=O) groups is 2. The van der Waals surface area contributed by atoms with Gasteiger partial charge >= 0.3 is 5.97 Å². The van der Waals surface area contributed by atoms with Crippen LogP contribution in [0.3, 0.4) is 0 Å². The summed E-state index contributed by atoms with van der Waals surface area (Å²) in [6.45, 7) is 10.9. The maximum atomic E-state index is 13.3. The number of cyclic esters (lactones) is 1. The number of nitrogens with zero attached hydrogens (tertiary/aromatic N) is 1. The van der Waals surface area contributed by atoms with E-state index < -0.39 is 35.6 Å². The van der Waals surface area contributed by atoms with Crippen molar-refractivity contribution in [1.29, 1.82) is 0 Å². The summed E-state index contributed by atoms with van der Waals surface area (Å²) in [6, 6.07) is 5.80. The van der Waals surface area contributed by atoms with Crippen molar-refractivity contribution in [2.45, 2.75) is 109 Å². The number of rotatable bonds is 3. The Kier molecular flexibility index (Phi) is 9.65. The molecule has 206 valence electrons. The van der Waals surface area contributed by atoms with E-state index in [2.05, 4.69) is 11.9 Å². The number of fused-ring (bicyclic) bond motifs is 1. The molecule has 0 bridgehead atoms. The van der Waals surface area contributed by atoms with Crippen molar-refractivity contribution in [2.24, 2.45) is 17.3 Å². The van der Waals surface area contributed by atoms with Gasteiger partial charge in [-0.2, -0.15) is 0 Å². The van der Waals surface area contributed by atoms with E-state index in [0.717, 1.165) is 35.6 Å². The normalized spacial score (nSPS) is 36.0. The second-order valence-corrected chi connectivity index (χ2v) is 12.4. The van der Waals surface area contributed by atoms with Crippen LogP contribution in [0.4, 0.5) is 0 Å². The third kappa shape index (κ3) is 7.22. The van der Waals surface area contributed by atoms with Crippen molar-refractivity contribution in [3.05, 3.63) is 29.5 Å². The highest BCUT2D eigenvalue weighted by atomic mass is 32.2. The van der Waals surface area contributed by atoms with Crippen LogP contribution in [0, 0.1) is 17.3 Å². The summed E-state index contributed by atoms with van der Waals surface area (Å²) >= 11 is 1.56. The summed E-state index contributed by atoms with van der Waals surface area (Å²) < 4.78 is 12.0. The van der Waals surface area contributed by atoms with Gasteiger partial charge < -0.3 is 19.7 Å². The molecular weight excluding hydrogens is 490 g/mol. The van der Waals surface area contributed by atoms with E-state index in [1.807, 2.05) is 44.4 Å². The highest BCUT2D eigenvalue weighted by molar-refractivity contribution is 7.98. The zero-order valence-electron chi connectivity index (χ0n) is 23.2. The minimum atomic E-state index is -1.24. The highest BCUT2D eigenvalue weighted by Crippen LogP contribution is 2.45. The number of pyridine rings is 1. The molecule has 0 spiro atoms. The molecule has 1 aromatic rings. The lowest BCUT2D eigenvalue weighted by Gasteiger charge is -2.34. The van der Waals surface area contributed by atoms with Crippen LogP contribution in [0.2, 0.25) is 0 Å². The molecule has 7 atom stereocenters. The van der Waals surface area contributed by atoms with Crippen LogP contribution in [0.15, 0.2) is 28.8 Å². The van der Waals surface area contributed by atoms with Gasteiger partial charge in [-0.15, -0.1) is 11.8 Å². The topological polar surface area (TPSA) is 109 Å². The average molecular weight is 534 g/mol. The number of carbonyl (C=O) groups excluding carboxylic acids is 2. The molecule has 0 saturated carbocycles. The number of ketones is 1. The largest absolute Gasteiger partial charge is 0.458 e. The van der Waals surface area contributed by atoms with Crippen LogP contribution < -0.4 is 0 Å². The lowest BCUT2D eigenvalue weighted by Crippen LogP contribution is -2.45. The molecule has 0 aliphatic carbocycles. The van der Waals surface area contributed by atoms with E-state index in [1.54, 1.807) is 32.5 Å². The van der Waals surface area contributed by atoms with Gasteiger partial charge in [-0.1, -0.05) is 40.2 Å². The number of epoxide rings is 1. The van der Waals surface area contributed by atoms with Gasteiger partial charge in [-0.05, 0) is 62.6 Å². The smallest absolute Gasteiger partial charge is 0.309 e. The number of hydrogen-bond acceptors (Lipinski definition) is 8. The first-order valence-electron chi connectivity index (χ1n) is 13.3. The van der Waals surface area contributed by atoms with Crippen molar-refractivity contribution in [1.82, 2.24) is 4.98 Å². The third-order valence-electron chi connectivity index (χ3n) is 8.24. The maximum Gasteiger partial charge on any atom is 0.309 e. The second-order valence-electron chi connectivity index (χ2n) is 11.6. The number of thioether (sulfide) groups is 1. The Hall–Kier alpha value is -1.74.